The van der Waals surface area contributed by atoms with Crippen LogP contribution in [0, 0.1) is 0 Å². The van der Waals surface area contributed by atoms with Gasteiger partial charge >= 0.3 is 5.63 Å². The highest BCUT2D eigenvalue weighted by atomic mass is 16.4. The first kappa shape index (κ1) is 14.2. The number of aliphatic hydroxyl groups is 2. The summed E-state index contributed by atoms with van der Waals surface area (Å²) in [5.41, 5.74) is 0.821. The molecule has 6 heteroatoms. The van der Waals surface area contributed by atoms with Crippen LogP contribution in [0.25, 0.3) is 11.0 Å². The summed E-state index contributed by atoms with van der Waals surface area (Å²) in [4.78, 5) is 15.9. The molecule has 1 aromatic carbocycles. The number of aliphatic hydroxyl groups excluding tert-OH is 2. The number of nitrogens with one attached hydrogen (secondary N) is 1. The minimum atomic E-state index is -0.508. The van der Waals surface area contributed by atoms with Gasteiger partial charge in [0.05, 0.1) is 25.4 Å². The lowest BCUT2D eigenvalue weighted by atomic mass is 10.1. The topological polar surface area (TPSA) is 95.1 Å². The van der Waals surface area contributed by atoms with Crippen molar-refractivity contribution in [3.63, 3.8) is 0 Å². The molecular formula is C14H16N2O4. The molecule has 3 N–H and O–H groups in total. The van der Waals surface area contributed by atoms with Crippen molar-refractivity contribution in [2.24, 2.45) is 4.99 Å². The molecule has 0 saturated carbocycles. The van der Waals surface area contributed by atoms with Gasteiger partial charge in [-0.25, -0.2) is 4.79 Å². The average Bonchev–Trinajstić information content (AvgIpc) is 2.46. The van der Waals surface area contributed by atoms with E-state index >= 15 is 0 Å². The molecule has 1 heterocycles. The van der Waals surface area contributed by atoms with Crippen LogP contribution in [0.15, 0.2) is 38.5 Å². The number of hydrogen-bond donors (Lipinski definition) is 3. The van der Waals surface area contributed by atoms with Crippen molar-refractivity contribution in [3.05, 3.63) is 40.2 Å². The van der Waals surface area contributed by atoms with E-state index in [9.17, 15) is 4.79 Å². The van der Waals surface area contributed by atoms with Gasteiger partial charge in [-0.05, 0) is 12.1 Å². The Bertz CT molecular complexity index is 664. The first-order valence-corrected chi connectivity index (χ1v) is 6.29. The quantitative estimate of drug-likeness (QED) is 0.530. The number of para-hydroxylation sites is 1. The summed E-state index contributed by atoms with van der Waals surface area (Å²) < 4.78 is 5.23. The second kappa shape index (κ2) is 6.83. The summed E-state index contributed by atoms with van der Waals surface area (Å²) in [6.07, 6.45) is 1.38. The van der Waals surface area contributed by atoms with Crippen LogP contribution >= 0.6 is 0 Å². The molecule has 6 nitrogen and oxygen atoms in total. The summed E-state index contributed by atoms with van der Waals surface area (Å²) in [7, 11) is 0. The number of benzene rings is 1. The van der Waals surface area contributed by atoms with E-state index in [1.807, 2.05) is 12.1 Å². The average molecular weight is 276 g/mol. The highest BCUT2D eigenvalue weighted by Gasteiger charge is 2.12. The van der Waals surface area contributed by atoms with Crippen molar-refractivity contribution in [2.45, 2.75) is 0 Å². The molecule has 2 aromatic rings. The van der Waals surface area contributed by atoms with Crippen LogP contribution in [0.4, 0.5) is 5.69 Å². The molecule has 20 heavy (non-hydrogen) atoms. The lowest BCUT2D eigenvalue weighted by Gasteiger charge is -2.10. The zero-order chi connectivity index (χ0) is 14.4. The zero-order valence-electron chi connectivity index (χ0n) is 10.9. The molecule has 1 aromatic heterocycles. The molecule has 106 valence electrons. The van der Waals surface area contributed by atoms with Crippen molar-refractivity contribution in [3.8, 4) is 0 Å². The fourth-order valence-electron chi connectivity index (χ4n) is 1.87. The normalized spacial score (nSPS) is 11.3. The van der Waals surface area contributed by atoms with E-state index in [2.05, 4.69) is 10.3 Å². The number of nitrogens with zero attached hydrogens (tertiary/aromatic N) is 1. The summed E-state index contributed by atoms with van der Waals surface area (Å²) in [5, 5.41) is 21.4. The first-order chi connectivity index (χ1) is 9.77. The molecule has 0 aliphatic heterocycles. The Hall–Kier alpha value is -2.18. The molecule has 0 bridgehead atoms. The van der Waals surface area contributed by atoms with Crippen molar-refractivity contribution in [1.82, 2.24) is 0 Å². The van der Waals surface area contributed by atoms with Gasteiger partial charge in [-0.2, -0.15) is 0 Å². The van der Waals surface area contributed by atoms with Crippen LogP contribution in [0.5, 0.6) is 0 Å². The summed E-state index contributed by atoms with van der Waals surface area (Å²) in [5.74, 6) is 0. The molecule has 0 fully saturated rings. The van der Waals surface area contributed by atoms with Crippen LogP contribution in [0.1, 0.15) is 5.56 Å². The Morgan fingerprint density at radius 3 is 2.80 bits per heavy atom. The number of rotatable bonds is 6. The molecule has 0 radical (unpaired) electrons. The van der Waals surface area contributed by atoms with Gasteiger partial charge in [-0.3, -0.25) is 4.99 Å². The summed E-state index contributed by atoms with van der Waals surface area (Å²) >= 11 is 0. The SMILES string of the molecule is O=c1oc2ccccc2c(NCCO)c1C=NCCO. The molecule has 0 aliphatic rings. The van der Waals surface area contributed by atoms with Gasteiger partial charge in [-0.1, -0.05) is 12.1 Å². The monoisotopic (exact) mass is 276 g/mol. The van der Waals surface area contributed by atoms with Crippen molar-refractivity contribution >= 4 is 22.9 Å². The third kappa shape index (κ3) is 3.04. The van der Waals surface area contributed by atoms with E-state index in [1.165, 1.54) is 6.21 Å². The summed E-state index contributed by atoms with van der Waals surface area (Å²) in [6.45, 7) is 0.386. The third-order valence-corrected chi connectivity index (χ3v) is 2.71. The smallest absolute Gasteiger partial charge is 0.347 e. The van der Waals surface area contributed by atoms with Crippen LogP contribution < -0.4 is 10.9 Å². The molecule has 0 spiro atoms. The maximum absolute atomic E-state index is 12.0. The van der Waals surface area contributed by atoms with Crippen molar-refractivity contribution < 1.29 is 14.6 Å². The van der Waals surface area contributed by atoms with Gasteiger partial charge in [0, 0.05) is 18.1 Å². The fourth-order valence-corrected chi connectivity index (χ4v) is 1.87. The number of fused-ring (bicyclic) bond motifs is 1. The minimum Gasteiger partial charge on any atom is -0.422 e. The Morgan fingerprint density at radius 1 is 1.25 bits per heavy atom. The third-order valence-electron chi connectivity index (χ3n) is 2.71. The van der Waals surface area contributed by atoms with E-state index in [1.54, 1.807) is 12.1 Å². The molecule has 0 amide bonds. The molecular weight excluding hydrogens is 260 g/mol. The Balaban J connectivity index is 2.57. The van der Waals surface area contributed by atoms with Gasteiger partial charge in [0.2, 0.25) is 0 Å². The molecule has 0 unspecified atom stereocenters. The van der Waals surface area contributed by atoms with Crippen LogP contribution in [0.3, 0.4) is 0 Å². The Kier molecular flexibility index (Phi) is 4.86. The highest BCUT2D eigenvalue weighted by Crippen LogP contribution is 2.23. The highest BCUT2D eigenvalue weighted by molar-refractivity contribution is 6.00. The van der Waals surface area contributed by atoms with Crippen LogP contribution in [0.2, 0.25) is 0 Å². The van der Waals surface area contributed by atoms with E-state index in [0.29, 0.717) is 17.8 Å². The van der Waals surface area contributed by atoms with Gasteiger partial charge in [-0.15, -0.1) is 0 Å². The molecule has 0 saturated heterocycles. The van der Waals surface area contributed by atoms with E-state index in [-0.39, 0.29) is 25.3 Å². The first-order valence-electron chi connectivity index (χ1n) is 6.29. The van der Waals surface area contributed by atoms with Crippen molar-refractivity contribution in [1.29, 1.82) is 0 Å². The maximum atomic E-state index is 12.0. The number of hydrogen-bond acceptors (Lipinski definition) is 6. The molecule has 0 aliphatic carbocycles. The Morgan fingerprint density at radius 2 is 2.05 bits per heavy atom. The number of aliphatic imine (C=N–C) groups is 1. The lowest BCUT2D eigenvalue weighted by Crippen LogP contribution is -2.15. The minimum absolute atomic E-state index is 0.0538. The standard InChI is InChI=1S/C14H16N2O4/c17-7-5-15-9-11-13(16-6-8-18)10-3-1-2-4-12(10)20-14(11)19/h1-4,9,16-18H,5-8H2. The molecule has 0 atom stereocenters. The largest absolute Gasteiger partial charge is 0.422 e. The Labute approximate surface area is 115 Å². The maximum Gasteiger partial charge on any atom is 0.347 e. The fraction of sp³-hybridized carbons (Fsp3) is 0.286. The predicted octanol–water partition coefficient (Wildman–Crippen LogP) is 0.608. The van der Waals surface area contributed by atoms with Crippen molar-refractivity contribution in [2.75, 3.05) is 31.6 Å². The number of anilines is 1. The van der Waals surface area contributed by atoms with Gasteiger partial charge in [0.15, 0.2) is 0 Å². The molecule has 2 rings (SSSR count). The summed E-state index contributed by atoms with van der Waals surface area (Å²) in [6, 6.07) is 7.14. The second-order valence-corrected chi connectivity index (χ2v) is 4.08. The predicted molar refractivity (Wildman–Crippen MR) is 77.6 cm³/mol. The zero-order valence-corrected chi connectivity index (χ0v) is 10.9. The van der Waals surface area contributed by atoms with Gasteiger partial charge in [0.1, 0.15) is 11.1 Å². The van der Waals surface area contributed by atoms with E-state index in [4.69, 9.17) is 14.6 Å². The van der Waals surface area contributed by atoms with Crippen LogP contribution in [-0.2, 0) is 0 Å². The second-order valence-electron chi connectivity index (χ2n) is 4.08. The van der Waals surface area contributed by atoms with E-state index in [0.717, 1.165) is 5.39 Å². The van der Waals surface area contributed by atoms with E-state index < -0.39 is 5.63 Å². The lowest BCUT2D eigenvalue weighted by molar-refractivity contribution is 0.307. The van der Waals surface area contributed by atoms with Gasteiger partial charge < -0.3 is 19.9 Å². The van der Waals surface area contributed by atoms with Crippen LogP contribution in [-0.4, -0.2) is 42.7 Å². The van der Waals surface area contributed by atoms with Gasteiger partial charge in [0.25, 0.3) is 0 Å².